The van der Waals surface area contributed by atoms with E-state index in [-0.39, 0.29) is 11.9 Å². The Bertz CT molecular complexity index is 528. The quantitative estimate of drug-likeness (QED) is 0.277. The Morgan fingerprint density at radius 3 is 2.65 bits per heavy atom. The molecule has 0 amide bonds. The summed E-state index contributed by atoms with van der Waals surface area (Å²) < 4.78 is 18.9. The second kappa shape index (κ2) is 7.85. The topological polar surface area (TPSA) is 63.6 Å². The van der Waals surface area contributed by atoms with Crippen LogP contribution in [-0.2, 0) is 14.3 Å². The van der Waals surface area contributed by atoms with Crippen LogP contribution in [0.4, 0.5) is 4.39 Å². The van der Waals surface area contributed by atoms with Gasteiger partial charge in [-0.2, -0.15) is 0 Å². The predicted octanol–water partition coefficient (Wildman–Crippen LogP) is 1.20. The van der Waals surface area contributed by atoms with Gasteiger partial charge in [0.1, 0.15) is 0 Å². The summed E-state index contributed by atoms with van der Waals surface area (Å²) in [6.07, 6.45) is 0.251. The Balaban J connectivity index is 2.86. The van der Waals surface area contributed by atoms with Gasteiger partial charge in [-0.25, -0.2) is 0 Å². The molecule has 0 radical (unpaired) electrons. The number of carbonyl (C=O) groups is 2. The number of carboxylic acid groups (broad SMARTS) is 1. The van der Waals surface area contributed by atoms with Crippen molar-refractivity contribution >= 4 is 32.0 Å². The van der Waals surface area contributed by atoms with Gasteiger partial charge in [-0.3, -0.25) is 0 Å². The number of aliphatic carboxylic acids is 1. The molecule has 2 unspecified atom stereocenters. The molecule has 0 aliphatic heterocycles. The first-order chi connectivity index (χ1) is 9.45. The number of rotatable bonds is 6. The zero-order valence-corrected chi connectivity index (χ0v) is 13.3. The minimum absolute atomic E-state index is 0.348. The van der Waals surface area contributed by atoms with E-state index in [2.05, 4.69) is 0 Å². The normalized spacial score (nSPS) is 13.4. The van der Waals surface area contributed by atoms with Gasteiger partial charge in [0.25, 0.3) is 0 Å². The van der Waals surface area contributed by atoms with Crippen LogP contribution >= 0.6 is 0 Å². The monoisotopic (exact) mass is 342 g/mol. The van der Waals surface area contributed by atoms with E-state index < -0.39 is 33.3 Å². The molecule has 1 N–H and O–H groups in total. The van der Waals surface area contributed by atoms with Crippen molar-refractivity contribution in [1.29, 1.82) is 0 Å². The summed E-state index contributed by atoms with van der Waals surface area (Å²) in [4.78, 5) is 24.1. The van der Waals surface area contributed by atoms with Gasteiger partial charge in [0.15, 0.2) is 0 Å². The Kier molecular flexibility index (Phi) is 6.46. The van der Waals surface area contributed by atoms with Crippen LogP contribution in [0, 0.1) is 5.82 Å². The Morgan fingerprint density at radius 1 is 1.45 bits per heavy atom. The van der Waals surface area contributed by atoms with Crippen molar-refractivity contribution in [3.63, 3.8) is 0 Å². The van der Waals surface area contributed by atoms with E-state index in [0.717, 1.165) is 0 Å². The molecule has 0 aromatic heterocycles. The molecule has 1 aromatic rings. The predicted molar refractivity (Wildman–Crippen MR) is 74.7 cm³/mol. The Hall–Kier alpha value is -1.61. The molecular weight excluding hydrogens is 326 g/mol. The number of ether oxygens (including phenoxy) is 1. The standard InChI is InChI=1S/C14H16AsFO4/c1-3-9(2)20-14(19)10(13(17)18)8-15-11-6-4-5-7-12(11)16/h4-9,15H,3H2,1-2H3,(H,17,18). The van der Waals surface area contributed by atoms with E-state index >= 15 is 0 Å². The molecule has 20 heavy (non-hydrogen) atoms. The Labute approximate surface area is 123 Å². The fourth-order valence-electron chi connectivity index (χ4n) is 1.27. The maximum atomic E-state index is 13.4. The molecule has 4 nitrogen and oxygen atoms in total. The first-order valence-electron chi connectivity index (χ1n) is 6.11. The van der Waals surface area contributed by atoms with Gasteiger partial charge in [-0.15, -0.1) is 0 Å². The molecule has 0 saturated carbocycles. The molecule has 1 aromatic carbocycles. The van der Waals surface area contributed by atoms with Crippen LogP contribution in [0.2, 0.25) is 0 Å². The summed E-state index contributed by atoms with van der Waals surface area (Å²) >= 11 is -1.20. The molecule has 0 bridgehead atoms. The van der Waals surface area contributed by atoms with Crippen molar-refractivity contribution in [2.24, 2.45) is 0 Å². The van der Waals surface area contributed by atoms with E-state index in [0.29, 0.717) is 10.8 Å². The number of hydrogen-bond acceptors (Lipinski definition) is 3. The van der Waals surface area contributed by atoms with Gasteiger partial charge >= 0.3 is 123 Å². The van der Waals surface area contributed by atoms with Gasteiger partial charge in [-0.05, 0) is 0 Å². The van der Waals surface area contributed by atoms with E-state index in [1.165, 1.54) is 10.9 Å². The number of halogens is 1. The molecule has 2 atom stereocenters. The van der Waals surface area contributed by atoms with Crippen LogP contribution in [0.1, 0.15) is 20.3 Å². The van der Waals surface area contributed by atoms with Crippen LogP contribution in [-0.4, -0.2) is 38.9 Å². The first-order valence-corrected chi connectivity index (χ1v) is 8.37. The second-order valence-corrected chi connectivity index (χ2v) is 6.45. The van der Waals surface area contributed by atoms with Crippen molar-refractivity contribution in [2.45, 2.75) is 26.4 Å². The second-order valence-electron chi connectivity index (χ2n) is 4.11. The molecular formula is C14H16AsFO4. The van der Waals surface area contributed by atoms with Gasteiger partial charge in [-0.1, -0.05) is 0 Å². The van der Waals surface area contributed by atoms with Gasteiger partial charge < -0.3 is 0 Å². The van der Waals surface area contributed by atoms with Crippen LogP contribution in [0.25, 0.3) is 0 Å². The number of carbonyl (C=O) groups excluding carboxylic acids is 1. The van der Waals surface area contributed by atoms with Crippen molar-refractivity contribution < 1.29 is 23.8 Å². The molecule has 6 heteroatoms. The fraction of sp³-hybridized carbons (Fsp3) is 0.286. The molecule has 0 spiro atoms. The molecule has 0 fully saturated rings. The zero-order chi connectivity index (χ0) is 15.1. The third-order valence-electron chi connectivity index (χ3n) is 2.58. The zero-order valence-electron chi connectivity index (χ0n) is 11.2. The molecule has 0 heterocycles. The molecule has 108 valence electrons. The van der Waals surface area contributed by atoms with E-state index in [1.807, 2.05) is 6.92 Å². The Morgan fingerprint density at radius 2 is 2.10 bits per heavy atom. The molecule has 0 saturated heterocycles. The summed E-state index contributed by atoms with van der Waals surface area (Å²) in [5.41, 5.74) is -0.423. The molecule has 1 rings (SSSR count). The van der Waals surface area contributed by atoms with Crippen LogP contribution in [0.5, 0.6) is 0 Å². The number of benzene rings is 1. The summed E-state index contributed by atoms with van der Waals surface area (Å²) in [5.74, 6) is -2.60. The molecule has 0 aliphatic carbocycles. The third kappa shape index (κ3) is 4.82. The van der Waals surface area contributed by atoms with Crippen molar-refractivity contribution in [1.82, 2.24) is 0 Å². The number of esters is 1. The minimum atomic E-state index is -1.35. The van der Waals surface area contributed by atoms with Gasteiger partial charge in [0, 0.05) is 0 Å². The van der Waals surface area contributed by atoms with E-state index in [9.17, 15) is 14.0 Å². The number of carboxylic acids is 1. The summed E-state index contributed by atoms with van der Waals surface area (Å²) in [7, 11) is 0. The fourth-order valence-corrected chi connectivity index (χ4v) is 3.27. The van der Waals surface area contributed by atoms with Crippen molar-refractivity contribution in [2.75, 3.05) is 0 Å². The third-order valence-corrected chi connectivity index (χ3v) is 4.99. The van der Waals surface area contributed by atoms with E-state index in [4.69, 9.17) is 9.84 Å². The average Bonchev–Trinajstić information content (AvgIpc) is 2.40. The SMILES string of the molecule is CCC(C)OC(=O)C(=C[AsH]c1ccccc1F)C(=O)O. The van der Waals surface area contributed by atoms with E-state index in [1.54, 1.807) is 25.1 Å². The summed E-state index contributed by atoms with van der Waals surface area (Å²) in [5, 5.41) is 9.03. The van der Waals surface area contributed by atoms with Crippen molar-refractivity contribution in [3.8, 4) is 0 Å². The first kappa shape index (κ1) is 16.4. The van der Waals surface area contributed by atoms with Crippen LogP contribution < -0.4 is 4.35 Å². The summed E-state index contributed by atoms with van der Waals surface area (Å²) in [6, 6.07) is 6.13. The molecule has 0 aliphatic rings. The van der Waals surface area contributed by atoms with Gasteiger partial charge in [0.2, 0.25) is 0 Å². The van der Waals surface area contributed by atoms with Gasteiger partial charge in [0.05, 0.1) is 0 Å². The van der Waals surface area contributed by atoms with Crippen molar-refractivity contribution in [3.05, 3.63) is 40.5 Å². The van der Waals surface area contributed by atoms with Crippen LogP contribution in [0.3, 0.4) is 0 Å². The number of hydrogen-bond donors (Lipinski definition) is 1. The average molecular weight is 342 g/mol. The summed E-state index contributed by atoms with van der Waals surface area (Å²) in [6.45, 7) is 3.51. The maximum absolute atomic E-state index is 13.4. The van der Waals surface area contributed by atoms with Crippen LogP contribution in [0.15, 0.2) is 34.7 Å².